The van der Waals surface area contributed by atoms with Crippen molar-refractivity contribution in [2.75, 3.05) is 13.1 Å². The fourth-order valence-corrected chi connectivity index (χ4v) is 5.90. The van der Waals surface area contributed by atoms with Crippen LogP contribution in [0.3, 0.4) is 0 Å². The Kier molecular flexibility index (Phi) is 6.11. The highest BCUT2D eigenvalue weighted by molar-refractivity contribution is 7.17. The first-order valence-electron chi connectivity index (χ1n) is 10.2. The summed E-state index contributed by atoms with van der Waals surface area (Å²) in [6, 6.07) is 2.39. The fourth-order valence-electron chi connectivity index (χ4n) is 4.16. The molecule has 4 rings (SSSR count). The predicted octanol–water partition coefficient (Wildman–Crippen LogP) is 4.48. The van der Waals surface area contributed by atoms with Crippen LogP contribution >= 0.6 is 22.7 Å². The zero-order valence-corrected chi connectivity index (χ0v) is 17.9. The molecule has 3 heterocycles. The number of nitrogens with zero attached hydrogens (tertiary/aromatic N) is 2. The number of thiazole rings is 1. The summed E-state index contributed by atoms with van der Waals surface area (Å²) in [7, 11) is 0. The molecule has 1 saturated carbocycles. The Labute approximate surface area is 174 Å². The van der Waals surface area contributed by atoms with E-state index in [0.29, 0.717) is 19.1 Å². The van der Waals surface area contributed by atoms with Gasteiger partial charge in [-0.1, -0.05) is 19.3 Å². The van der Waals surface area contributed by atoms with Crippen molar-refractivity contribution < 1.29 is 9.59 Å². The molecule has 1 N–H and O–H groups in total. The van der Waals surface area contributed by atoms with E-state index >= 15 is 0 Å². The number of aromatic nitrogens is 1. The first kappa shape index (κ1) is 19.6. The van der Waals surface area contributed by atoms with Gasteiger partial charge >= 0.3 is 0 Å². The van der Waals surface area contributed by atoms with E-state index in [9.17, 15) is 9.59 Å². The SMILES string of the molecule is Cc1nc(-c2ccsc2)sc1C(=O)N1CCC(C(=O)NC2CCCCC2)CC1. The van der Waals surface area contributed by atoms with Gasteiger partial charge in [-0.3, -0.25) is 9.59 Å². The summed E-state index contributed by atoms with van der Waals surface area (Å²) in [5, 5.41) is 8.23. The number of nitrogens with one attached hydrogen (secondary N) is 1. The van der Waals surface area contributed by atoms with Crippen LogP contribution in [0, 0.1) is 12.8 Å². The Morgan fingerprint density at radius 1 is 1.14 bits per heavy atom. The average molecular weight is 418 g/mol. The maximum Gasteiger partial charge on any atom is 0.265 e. The van der Waals surface area contributed by atoms with Gasteiger partial charge < -0.3 is 10.2 Å². The minimum Gasteiger partial charge on any atom is -0.353 e. The minimum absolute atomic E-state index is 0.0369. The van der Waals surface area contributed by atoms with Gasteiger partial charge in [0.2, 0.25) is 5.91 Å². The van der Waals surface area contributed by atoms with Gasteiger partial charge in [0, 0.05) is 36.0 Å². The summed E-state index contributed by atoms with van der Waals surface area (Å²) >= 11 is 3.11. The number of carbonyl (C=O) groups excluding carboxylic acids is 2. The second-order valence-corrected chi connectivity index (χ2v) is 9.63. The van der Waals surface area contributed by atoms with Crippen LogP contribution in [0.15, 0.2) is 16.8 Å². The lowest BCUT2D eigenvalue weighted by molar-refractivity contribution is -0.127. The lowest BCUT2D eigenvalue weighted by Crippen LogP contribution is -2.45. The van der Waals surface area contributed by atoms with Crippen molar-refractivity contribution in [2.45, 2.75) is 57.9 Å². The van der Waals surface area contributed by atoms with Crippen LogP contribution in [0.5, 0.6) is 0 Å². The van der Waals surface area contributed by atoms with Gasteiger partial charge in [0.15, 0.2) is 0 Å². The molecule has 2 aromatic heterocycles. The van der Waals surface area contributed by atoms with Crippen molar-refractivity contribution >= 4 is 34.5 Å². The second kappa shape index (κ2) is 8.74. The highest BCUT2D eigenvalue weighted by atomic mass is 32.1. The number of rotatable bonds is 4. The summed E-state index contributed by atoms with van der Waals surface area (Å²) in [5.41, 5.74) is 1.88. The Hall–Kier alpha value is -1.73. The van der Waals surface area contributed by atoms with Gasteiger partial charge in [0.05, 0.1) is 5.69 Å². The lowest BCUT2D eigenvalue weighted by Gasteiger charge is -2.32. The monoisotopic (exact) mass is 417 g/mol. The number of hydrogen-bond acceptors (Lipinski definition) is 5. The maximum absolute atomic E-state index is 13.0. The van der Waals surface area contributed by atoms with Gasteiger partial charge in [0.25, 0.3) is 5.91 Å². The Morgan fingerprint density at radius 3 is 2.57 bits per heavy atom. The lowest BCUT2D eigenvalue weighted by atomic mass is 9.92. The Bertz CT molecular complexity index is 817. The second-order valence-electron chi connectivity index (χ2n) is 7.86. The van der Waals surface area contributed by atoms with Gasteiger partial charge in [-0.25, -0.2) is 4.98 Å². The van der Waals surface area contributed by atoms with E-state index in [1.807, 2.05) is 23.3 Å². The van der Waals surface area contributed by atoms with Gasteiger partial charge in [-0.2, -0.15) is 11.3 Å². The predicted molar refractivity (Wildman–Crippen MR) is 114 cm³/mol. The maximum atomic E-state index is 13.0. The molecule has 0 atom stereocenters. The zero-order valence-electron chi connectivity index (χ0n) is 16.3. The first-order valence-corrected chi connectivity index (χ1v) is 12.0. The summed E-state index contributed by atoms with van der Waals surface area (Å²) in [6.07, 6.45) is 7.45. The van der Waals surface area contributed by atoms with Gasteiger partial charge in [-0.15, -0.1) is 11.3 Å². The molecule has 1 aliphatic heterocycles. The van der Waals surface area contributed by atoms with Crippen LogP contribution in [0.25, 0.3) is 10.6 Å². The highest BCUT2D eigenvalue weighted by Crippen LogP contribution is 2.31. The summed E-state index contributed by atoms with van der Waals surface area (Å²) in [4.78, 5) is 32.8. The zero-order chi connectivity index (χ0) is 19.5. The van der Waals surface area contributed by atoms with Crippen molar-refractivity contribution in [3.8, 4) is 10.6 Å². The van der Waals surface area contributed by atoms with Crippen LogP contribution in [-0.4, -0.2) is 40.8 Å². The molecule has 2 amide bonds. The largest absolute Gasteiger partial charge is 0.353 e. The third-order valence-electron chi connectivity index (χ3n) is 5.86. The van der Waals surface area contributed by atoms with E-state index in [2.05, 4.69) is 15.7 Å². The third-order valence-corrected chi connectivity index (χ3v) is 7.74. The van der Waals surface area contributed by atoms with E-state index in [1.165, 1.54) is 30.6 Å². The average Bonchev–Trinajstić information content (AvgIpc) is 3.38. The summed E-state index contributed by atoms with van der Waals surface area (Å²) < 4.78 is 0. The van der Waals surface area contributed by atoms with Crippen LogP contribution in [0.2, 0.25) is 0 Å². The first-order chi connectivity index (χ1) is 13.6. The van der Waals surface area contributed by atoms with E-state index in [-0.39, 0.29) is 17.7 Å². The molecular formula is C21H27N3O2S2. The Morgan fingerprint density at radius 2 is 1.89 bits per heavy atom. The summed E-state index contributed by atoms with van der Waals surface area (Å²) in [5.74, 6) is 0.283. The smallest absolute Gasteiger partial charge is 0.265 e. The number of carbonyl (C=O) groups is 2. The molecule has 0 bridgehead atoms. The van der Waals surface area contributed by atoms with Crippen molar-refractivity contribution in [2.24, 2.45) is 5.92 Å². The van der Waals surface area contributed by atoms with Crippen LogP contribution in [-0.2, 0) is 4.79 Å². The molecule has 2 aliphatic rings. The molecule has 0 unspecified atom stereocenters. The molecule has 2 fully saturated rings. The number of aryl methyl sites for hydroxylation is 1. The van der Waals surface area contributed by atoms with Crippen molar-refractivity contribution in [1.29, 1.82) is 0 Å². The molecule has 5 nitrogen and oxygen atoms in total. The number of amides is 2. The molecule has 28 heavy (non-hydrogen) atoms. The molecule has 0 aromatic carbocycles. The van der Waals surface area contributed by atoms with E-state index < -0.39 is 0 Å². The topological polar surface area (TPSA) is 62.3 Å². The standard InChI is InChI=1S/C21H27N3O2S2/c1-14-18(28-20(22-14)16-9-12-27-13-16)21(26)24-10-7-15(8-11-24)19(25)23-17-5-3-2-4-6-17/h9,12-13,15,17H,2-8,10-11H2,1H3,(H,23,25). The number of piperidine rings is 1. The molecular weight excluding hydrogens is 390 g/mol. The van der Waals surface area contributed by atoms with Crippen LogP contribution in [0.4, 0.5) is 0 Å². The molecule has 150 valence electrons. The van der Waals surface area contributed by atoms with E-state index in [1.54, 1.807) is 11.3 Å². The summed E-state index contributed by atoms with van der Waals surface area (Å²) in [6.45, 7) is 3.20. The van der Waals surface area contributed by atoms with Crippen LogP contribution in [0.1, 0.15) is 60.3 Å². The minimum atomic E-state index is 0.0369. The van der Waals surface area contributed by atoms with Gasteiger partial charge in [0.1, 0.15) is 9.88 Å². The Balaban J connectivity index is 1.33. The molecule has 2 aromatic rings. The van der Waals surface area contributed by atoms with Gasteiger partial charge in [-0.05, 0) is 44.1 Å². The molecule has 0 spiro atoms. The highest BCUT2D eigenvalue weighted by Gasteiger charge is 2.30. The molecule has 0 radical (unpaired) electrons. The van der Waals surface area contributed by atoms with E-state index in [4.69, 9.17) is 0 Å². The van der Waals surface area contributed by atoms with E-state index in [0.717, 1.165) is 46.8 Å². The normalized spacial score (nSPS) is 19.0. The fraction of sp³-hybridized carbons (Fsp3) is 0.571. The molecule has 1 aliphatic carbocycles. The van der Waals surface area contributed by atoms with Crippen molar-refractivity contribution in [3.63, 3.8) is 0 Å². The molecule has 7 heteroatoms. The third kappa shape index (κ3) is 4.30. The van der Waals surface area contributed by atoms with Crippen LogP contribution < -0.4 is 5.32 Å². The van der Waals surface area contributed by atoms with Crippen molar-refractivity contribution in [1.82, 2.24) is 15.2 Å². The quantitative estimate of drug-likeness (QED) is 0.798. The van der Waals surface area contributed by atoms with Crippen molar-refractivity contribution in [3.05, 3.63) is 27.4 Å². The number of thiophene rings is 1. The number of hydrogen-bond donors (Lipinski definition) is 1. The molecule has 1 saturated heterocycles. The number of likely N-dealkylation sites (tertiary alicyclic amines) is 1.